The van der Waals surface area contributed by atoms with Gasteiger partial charge in [-0.05, 0) is 145 Å². The standard InChI is InChI=1S/C48H52N4/c1-30-18-34-19-31(2)24-47(23-30,27-34)39-15-12-36(13-16-39)44-50-45(52-46(51-44)43-17-14-38(29-49)41-10-5-6-11-42(41)43)37-8-7-9-40(22-37)48-25-32(3)20-35(28-48)21-33(4)26-48/h5-17,22,30-35H,18-21,23-28H2,1-4H3/t30-,31+,32-,33+,34?,35?,47?,48?. The fourth-order valence-corrected chi connectivity index (χ4v) is 12.4. The van der Waals surface area contributed by atoms with Gasteiger partial charge in [-0.3, -0.25) is 0 Å². The Morgan fingerprint density at radius 2 is 1.06 bits per heavy atom. The van der Waals surface area contributed by atoms with Crippen LogP contribution in [-0.4, -0.2) is 15.0 Å². The minimum Gasteiger partial charge on any atom is -0.208 e. The second-order valence-electron chi connectivity index (χ2n) is 18.2. The van der Waals surface area contributed by atoms with E-state index in [1.165, 1.54) is 75.3 Å². The molecule has 0 saturated heterocycles. The molecule has 1 aromatic heterocycles. The van der Waals surface area contributed by atoms with Gasteiger partial charge >= 0.3 is 0 Å². The largest absolute Gasteiger partial charge is 0.208 e. The Morgan fingerprint density at radius 3 is 1.65 bits per heavy atom. The molecule has 264 valence electrons. The van der Waals surface area contributed by atoms with Gasteiger partial charge in [0.15, 0.2) is 17.5 Å². The molecule has 0 radical (unpaired) electrons. The molecular weight excluding hydrogens is 633 g/mol. The van der Waals surface area contributed by atoms with Gasteiger partial charge in [0.25, 0.3) is 0 Å². The van der Waals surface area contributed by atoms with Crippen LogP contribution in [0.4, 0.5) is 0 Å². The molecule has 4 aliphatic rings. The summed E-state index contributed by atoms with van der Waals surface area (Å²) in [6, 6.07) is 32.9. The Labute approximate surface area is 310 Å². The van der Waals surface area contributed by atoms with Crippen molar-refractivity contribution in [3.8, 4) is 40.2 Å². The zero-order valence-electron chi connectivity index (χ0n) is 31.4. The summed E-state index contributed by atoms with van der Waals surface area (Å²) in [6.07, 6.45) is 13.2. The van der Waals surface area contributed by atoms with Gasteiger partial charge in [0.2, 0.25) is 0 Å². The van der Waals surface area contributed by atoms with E-state index in [0.29, 0.717) is 23.0 Å². The quantitative estimate of drug-likeness (QED) is 0.185. The maximum Gasteiger partial charge on any atom is 0.164 e. The number of hydrogen-bond donors (Lipinski definition) is 0. The number of nitriles is 1. The highest BCUT2D eigenvalue weighted by Gasteiger charge is 2.46. The number of benzene rings is 4. The summed E-state index contributed by atoms with van der Waals surface area (Å²) in [5, 5.41) is 11.8. The molecule has 9 rings (SSSR count). The maximum absolute atomic E-state index is 9.92. The van der Waals surface area contributed by atoms with Crippen molar-refractivity contribution in [3.05, 3.63) is 102 Å². The molecule has 4 aliphatic carbocycles. The van der Waals surface area contributed by atoms with Crippen LogP contribution in [0.1, 0.15) is 109 Å². The van der Waals surface area contributed by atoms with E-state index in [2.05, 4.69) is 88.4 Å². The van der Waals surface area contributed by atoms with E-state index >= 15 is 0 Å². The van der Waals surface area contributed by atoms with E-state index in [1.807, 2.05) is 30.3 Å². The highest BCUT2D eigenvalue weighted by Crippen LogP contribution is 2.55. The van der Waals surface area contributed by atoms with Crippen LogP contribution in [-0.2, 0) is 10.8 Å². The summed E-state index contributed by atoms with van der Waals surface area (Å²) in [7, 11) is 0. The molecule has 4 fully saturated rings. The topological polar surface area (TPSA) is 62.5 Å². The Kier molecular flexibility index (Phi) is 8.33. The third kappa shape index (κ3) is 5.95. The van der Waals surface area contributed by atoms with E-state index in [4.69, 9.17) is 15.0 Å². The van der Waals surface area contributed by atoms with Gasteiger partial charge in [-0.15, -0.1) is 0 Å². The van der Waals surface area contributed by atoms with E-state index in [-0.39, 0.29) is 10.8 Å². The molecule has 52 heavy (non-hydrogen) atoms. The van der Waals surface area contributed by atoms with Gasteiger partial charge in [0, 0.05) is 22.1 Å². The lowest BCUT2D eigenvalue weighted by atomic mass is 9.54. The van der Waals surface area contributed by atoms with Crippen LogP contribution in [0.2, 0.25) is 0 Å². The number of rotatable bonds is 5. The Morgan fingerprint density at radius 1 is 0.519 bits per heavy atom. The normalized spacial score (nSPS) is 31.2. The zero-order chi connectivity index (χ0) is 35.6. The van der Waals surface area contributed by atoms with Gasteiger partial charge in [-0.2, -0.15) is 5.26 Å². The third-order valence-corrected chi connectivity index (χ3v) is 13.7. The fraction of sp³-hybridized carbons (Fsp3) is 0.458. The van der Waals surface area contributed by atoms with E-state index < -0.39 is 0 Å². The van der Waals surface area contributed by atoms with Gasteiger partial charge in [-0.1, -0.05) is 94.4 Å². The van der Waals surface area contributed by atoms with Gasteiger partial charge < -0.3 is 0 Å². The first-order valence-electron chi connectivity index (χ1n) is 20.1. The summed E-state index contributed by atoms with van der Waals surface area (Å²) < 4.78 is 0. The lowest BCUT2D eigenvalue weighted by Crippen LogP contribution is -2.42. The second kappa shape index (κ2) is 12.9. The average Bonchev–Trinajstić information content (AvgIpc) is 3.13. The minimum atomic E-state index is 0.222. The summed E-state index contributed by atoms with van der Waals surface area (Å²) >= 11 is 0. The number of hydrogen-bond acceptors (Lipinski definition) is 4. The summed E-state index contributed by atoms with van der Waals surface area (Å²) in [5.41, 5.74) is 7.10. The first kappa shape index (κ1) is 33.5. The number of aromatic nitrogens is 3. The van der Waals surface area contributed by atoms with E-state index in [9.17, 15) is 5.26 Å². The first-order chi connectivity index (χ1) is 25.2. The Hall–Kier alpha value is -4.36. The van der Waals surface area contributed by atoms with Gasteiger partial charge in [0.1, 0.15) is 0 Å². The first-order valence-corrected chi connectivity index (χ1v) is 20.1. The molecule has 4 unspecified atom stereocenters. The van der Waals surface area contributed by atoms with Crippen molar-refractivity contribution in [1.82, 2.24) is 15.0 Å². The minimum absolute atomic E-state index is 0.222. The van der Waals surface area contributed by atoms with Crippen molar-refractivity contribution in [3.63, 3.8) is 0 Å². The van der Waals surface area contributed by atoms with Gasteiger partial charge in [-0.25, -0.2) is 15.0 Å². The molecule has 4 nitrogen and oxygen atoms in total. The molecule has 0 amide bonds. The Balaban J connectivity index is 1.16. The van der Waals surface area contributed by atoms with Crippen LogP contribution in [0.15, 0.2) is 84.9 Å². The van der Waals surface area contributed by atoms with Crippen molar-refractivity contribution in [2.24, 2.45) is 35.5 Å². The molecule has 8 atom stereocenters. The SMILES string of the molecule is C[C@@H]1CC2C[C@H](C)CC(c3ccc(-c4nc(-c5cccc(C67CC(C[C@@H](C)C6)C[C@H](C)C7)c5)nc(-c5ccc(C#N)c6ccccc56)n4)cc3)(C2)C1. The molecule has 4 saturated carbocycles. The second-order valence-corrected chi connectivity index (χ2v) is 18.2. The van der Waals surface area contributed by atoms with Crippen LogP contribution < -0.4 is 0 Å². The lowest BCUT2D eigenvalue weighted by molar-refractivity contribution is 0.0779. The molecule has 1 heterocycles. The van der Waals surface area contributed by atoms with E-state index in [1.54, 1.807) is 0 Å². The average molecular weight is 685 g/mol. The van der Waals surface area contributed by atoms with Crippen LogP contribution in [0, 0.1) is 46.8 Å². The van der Waals surface area contributed by atoms with Crippen molar-refractivity contribution < 1.29 is 0 Å². The van der Waals surface area contributed by atoms with Crippen molar-refractivity contribution >= 4 is 10.8 Å². The highest BCUT2D eigenvalue weighted by molar-refractivity contribution is 5.98. The van der Waals surface area contributed by atoms with Crippen LogP contribution in [0.3, 0.4) is 0 Å². The third-order valence-electron chi connectivity index (χ3n) is 13.7. The fourth-order valence-electron chi connectivity index (χ4n) is 12.4. The molecule has 5 aromatic rings. The van der Waals surface area contributed by atoms with Crippen LogP contribution in [0.5, 0.6) is 0 Å². The smallest absolute Gasteiger partial charge is 0.164 e. The van der Waals surface area contributed by atoms with Crippen molar-refractivity contribution in [2.75, 3.05) is 0 Å². The Bertz CT molecular complexity index is 2140. The van der Waals surface area contributed by atoms with E-state index in [0.717, 1.165) is 63.0 Å². The monoisotopic (exact) mass is 684 g/mol. The molecule has 0 spiro atoms. The lowest BCUT2D eigenvalue weighted by Gasteiger charge is -2.50. The summed E-state index contributed by atoms with van der Waals surface area (Å²) in [4.78, 5) is 15.7. The number of nitrogens with zero attached hydrogens (tertiary/aromatic N) is 4. The molecule has 0 N–H and O–H groups in total. The summed E-state index contributed by atoms with van der Waals surface area (Å²) in [5.74, 6) is 6.77. The van der Waals surface area contributed by atoms with Crippen molar-refractivity contribution in [1.29, 1.82) is 5.26 Å². The molecule has 4 bridgehead atoms. The predicted molar refractivity (Wildman–Crippen MR) is 212 cm³/mol. The molecule has 0 aliphatic heterocycles. The molecule has 4 aromatic carbocycles. The van der Waals surface area contributed by atoms with Crippen LogP contribution >= 0.6 is 0 Å². The number of fused-ring (bicyclic) bond motifs is 5. The van der Waals surface area contributed by atoms with Crippen LogP contribution in [0.25, 0.3) is 44.9 Å². The maximum atomic E-state index is 9.92. The highest BCUT2D eigenvalue weighted by atomic mass is 15.0. The van der Waals surface area contributed by atoms with Crippen molar-refractivity contribution in [2.45, 2.75) is 103 Å². The predicted octanol–water partition coefficient (Wildman–Crippen LogP) is 12.1. The zero-order valence-corrected chi connectivity index (χ0v) is 31.4. The molecular formula is C48H52N4. The summed E-state index contributed by atoms with van der Waals surface area (Å²) in [6.45, 7) is 9.84. The molecule has 4 heteroatoms. The van der Waals surface area contributed by atoms with Gasteiger partial charge in [0.05, 0.1) is 11.6 Å².